The van der Waals surface area contributed by atoms with E-state index in [-0.39, 0.29) is 79.9 Å². The van der Waals surface area contributed by atoms with Gasteiger partial charge in [-0.1, -0.05) is 7.43 Å². The molecule has 0 nitrogen and oxygen atoms in total. The fourth-order valence-electron chi connectivity index (χ4n) is 0. The largest absolute Gasteiger partial charge is 0.197 e. The summed E-state index contributed by atoms with van der Waals surface area (Å²) in [4.78, 5) is 0. The molecule has 0 aliphatic heterocycles. The van der Waals surface area contributed by atoms with Gasteiger partial charge in [-0.25, -0.2) is 0 Å². The van der Waals surface area contributed by atoms with Crippen molar-refractivity contribution in [2.75, 3.05) is 0 Å². The third-order valence-corrected chi connectivity index (χ3v) is 0. The van der Waals surface area contributed by atoms with Crippen molar-refractivity contribution in [2.45, 2.75) is 7.43 Å². The van der Waals surface area contributed by atoms with Crippen molar-refractivity contribution in [3.63, 3.8) is 0 Å². The van der Waals surface area contributed by atoms with Crippen LogP contribution in [-0.4, -0.2) is 11.0 Å². The monoisotopic (exact) mass is 352 g/mol. The Kier molecular flexibility index (Phi) is 833. The first-order valence-corrected chi connectivity index (χ1v) is 0. The first-order valence-electron chi connectivity index (χ1n) is 0. The van der Waals surface area contributed by atoms with Gasteiger partial charge in [0.25, 0.3) is 0 Å². The third-order valence-electron chi connectivity index (χ3n) is 0. The minimum atomic E-state index is 0. The fraction of sp³-hybridized carbons (Fsp3) is 1.00. The maximum atomic E-state index is 0. The molecule has 0 rings (SSSR count). The summed E-state index contributed by atoms with van der Waals surface area (Å²) in [5, 5.41) is 0. The van der Waals surface area contributed by atoms with E-state index < -0.39 is 0 Å². The quantitative estimate of drug-likeness (QED) is 0.438. The van der Waals surface area contributed by atoms with Gasteiger partial charge in [0.1, 0.15) is 0 Å². The van der Waals surface area contributed by atoms with Crippen molar-refractivity contribution in [2.24, 2.45) is 0 Å². The molecule has 1 atom stereocenters. The molecule has 0 saturated heterocycles. The molecule has 6 heavy (non-hydrogen) atoms. The van der Waals surface area contributed by atoms with Crippen LogP contribution in [0.2, 0.25) is 0 Å². The maximum Gasteiger partial charge on any atom is 0 e. The fourth-order valence-corrected chi connectivity index (χ4v) is 0. The van der Waals surface area contributed by atoms with Crippen LogP contribution in [-0.2, 0) is 38.1 Å². The first kappa shape index (κ1) is 87.6. The summed E-state index contributed by atoms with van der Waals surface area (Å²) in [6, 6.07) is 0. The van der Waals surface area contributed by atoms with E-state index in [1.54, 1.807) is 0 Å². The van der Waals surface area contributed by atoms with Crippen LogP contribution in [0.3, 0.4) is 0 Å². The second-order valence-electron chi connectivity index (χ2n) is 0. The van der Waals surface area contributed by atoms with Crippen LogP contribution in [0.15, 0.2) is 0 Å². The van der Waals surface area contributed by atoms with Crippen LogP contribution in [0, 0.1) is 0 Å². The van der Waals surface area contributed by atoms with Crippen molar-refractivity contribution >= 4 is 34.4 Å². The van der Waals surface area contributed by atoms with Crippen LogP contribution in [0.4, 0.5) is 0 Å². The summed E-state index contributed by atoms with van der Waals surface area (Å²) < 4.78 is 0. The normalized spacial score (nSPS) is 0. The van der Waals surface area contributed by atoms with Gasteiger partial charge in [-0.15, -0.1) is 0 Å². The molecule has 0 aliphatic rings. The van der Waals surface area contributed by atoms with E-state index in [9.17, 15) is 0 Å². The molecule has 0 aromatic heterocycles. The molecule has 0 aromatic rings. The smallest absolute Gasteiger partial charge is 0 e. The van der Waals surface area contributed by atoms with E-state index in [1.165, 1.54) is 0 Å². The first-order chi connectivity index (χ1) is 0. The van der Waals surface area contributed by atoms with Gasteiger partial charge < -0.3 is 0 Å². The minimum absolute atomic E-state index is 0. The van der Waals surface area contributed by atoms with Crippen LogP contribution < -0.4 is 0 Å². The Labute approximate surface area is 79.4 Å². The zero-order chi connectivity index (χ0) is 0. The van der Waals surface area contributed by atoms with E-state index in [0.717, 1.165) is 0 Å². The molecule has 5 heteroatoms. The Balaban J connectivity index is 0. The van der Waals surface area contributed by atoms with Gasteiger partial charge in [0, 0.05) is 49.1 Å². The summed E-state index contributed by atoms with van der Waals surface area (Å²) >= 11 is 0. The SMILES string of the molecule is C.P.S.[Fe].[Si].[W]. The Morgan fingerprint density at radius 2 is 1.00 bits per heavy atom. The van der Waals surface area contributed by atoms with Gasteiger partial charge in [0.2, 0.25) is 0 Å². The molecular weight excluding hydrogens is 343 g/mol. The second-order valence-corrected chi connectivity index (χ2v) is 0. The molecular formula is CH9FePSSiW. The molecule has 42 valence electrons. The predicted octanol–water partition coefficient (Wildman–Crippen LogP) is 0.421. The van der Waals surface area contributed by atoms with E-state index >= 15 is 0 Å². The minimum Gasteiger partial charge on any atom is -0.197 e. The molecule has 0 bridgehead atoms. The van der Waals surface area contributed by atoms with Gasteiger partial charge in [0.05, 0.1) is 0 Å². The summed E-state index contributed by atoms with van der Waals surface area (Å²) in [6.45, 7) is 0. The van der Waals surface area contributed by atoms with Crippen molar-refractivity contribution in [1.29, 1.82) is 0 Å². The standard InChI is InChI=1S/CH4.Fe.H3P.H2S.Si.W/h1H4;;1H3;1H2;;. The zero-order valence-corrected chi connectivity index (χ0v) is 9.92. The van der Waals surface area contributed by atoms with Crippen molar-refractivity contribution in [3.05, 3.63) is 0 Å². The summed E-state index contributed by atoms with van der Waals surface area (Å²) in [7, 11) is 0. The van der Waals surface area contributed by atoms with E-state index in [4.69, 9.17) is 0 Å². The van der Waals surface area contributed by atoms with E-state index in [0.29, 0.717) is 0 Å². The number of hydrogen-bond donors (Lipinski definition) is 0. The van der Waals surface area contributed by atoms with Crippen LogP contribution in [0.1, 0.15) is 7.43 Å². The molecule has 0 aromatic carbocycles. The van der Waals surface area contributed by atoms with Gasteiger partial charge >= 0.3 is 0 Å². The summed E-state index contributed by atoms with van der Waals surface area (Å²) in [5.41, 5.74) is 0. The molecule has 0 N–H and O–H groups in total. The van der Waals surface area contributed by atoms with E-state index in [2.05, 4.69) is 0 Å². The van der Waals surface area contributed by atoms with Gasteiger partial charge in [0.15, 0.2) is 0 Å². The molecule has 0 aliphatic carbocycles. The Morgan fingerprint density at radius 3 is 1.00 bits per heavy atom. The summed E-state index contributed by atoms with van der Waals surface area (Å²) in [6.07, 6.45) is 0. The second kappa shape index (κ2) is 57.1. The average Bonchev–Trinajstić information content (AvgIpc) is 0. The molecule has 1 unspecified atom stereocenters. The van der Waals surface area contributed by atoms with Gasteiger partial charge in [-0.05, 0) is 0 Å². The predicted molar refractivity (Wildman–Crippen MR) is 34.0 cm³/mol. The van der Waals surface area contributed by atoms with Crippen LogP contribution in [0.25, 0.3) is 0 Å². The third kappa shape index (κ3) is 34.6. The van der Waals surface area contributed by atoms with E-state index in [1.807, 2.05) is 0 Å². The summed E-state index contributed by atoms with van der Waals surface area (Å²) in [5.74, 6) is 0. The Bertz CT molecular complexity index is 15.5. The number of hydrogen-bond acceptors (Lipinski definition) is 0. The molecule has 0 spiro atoms. The maximum absolute atomic E-state index is 0. The van der Waals surface area contributed by atoms with Gasteiger partial charge in [-0.3, -0.25) is 0 Å². The van der Waals surface area contributed by atoms with Crippen LogP contribution in [0.5, 0.6) is 0 Å². The number of rotatable bonds is 0. The molecule has 0 heterocycles. The van der Waals surface area contributed by atoms with Gasteiger partial charge in [-0.2, -0.15) is 23.4 Å². The molecule has 0 fully saturated rings. The Morgan fingerprint density at radius 1 is 1.00 bits per heavy atom. The van der Waals surface area contributed by atoms with Crippen molar-refractivity contribution < 1.29 is 38.1 Å². The zero-order valence-electron chi connectivity index (χ0n) is 2.47. The van der Waals surface area contributed by atoms with Crippen molar-refractivity contribution in [1.82, 2.24) is 0 Å². The Hall–Kier alpha value is 2.20. The van der Waals surface area contributed by atoms with Crippen LogP contribution >= 0.6 is 23.4 Å². The topological polar surface area (TPSA) is 0 Å². The molecule has 4 radical (unpaired) electrons. The van der Waals surface area contributed by atoms with Crippen molar-refractivity contribution in [3.8, 4) is 0 Å². The average molecular weight is 352 g/mol. The molecule has 0 saturated carbocycles. The molecule has 0 amide bonds.